The van der Waals surface area contributed by atoms with Gasteiger partial charge in [-0.15, -0.1) is 11.8 Å². The van der Waals surface area contributed by atoms with Crippen LogP contribution in [0.1, 0.15) is 25.0 Å². The number of thioether (sulfide) groups is 1. The Morgan fingerprint density at radius 2 is 1.75 bits per heavy atom. The summed E-state index contributed by atoms with van der Waals surface area (Å²) in [6.45, 7) is 6.22. The number of hydrogen-bond acceptors (Lipinski definition) is 5. The van der Waals surface area contributed by atoms with Crippen LogP contribution in [0.5, 0.6) is 5.75 Å². The number of phenolic OH excluding ortho intramolecular Hbond substituents is 1. The summed E-state index contributed by atoms with van der Waals surface area (Å²) in [6.07, 6.45) is 0. The van der Waals surface area contributed by atoms with Crippen molar-refractivity contribution in [2.24, 2.45) is 0 Å². The molecule has 0 radical (unpaired) electrons. The van der Waals surface area contributed by atoms with E-state index < -0.39 is 4.92 Å². The molecule has 0 spiro atoms. The van der Waals surface area contributed by atoms with Crippen LogP contribution in [0, 0.1) is 10.1 Å². The first-order chi connectivity index (χ1) is 11.5. The molecule has 0 fully saturated rings. The fourth-order valence-corrected chi connectivity index (χ4v) is 3.34. The van der Waals surface area contributed by atoms with Crippen molar-refractivity contribution in [2.45, 2.75) is 31.0 Å². The van der Waals surface area contributed by atoms with Crippen LogP contribution in [-0.2, 0) is 12.3 Å². The second-order valence-electron chi connectivity index (χ2n) is 5.43. The maximum Gasteiger partial charge on any atom is 0.270 e. The first-order valence-corrected chi connectivity index (χ1v) is 8.93. The third kappa shape index (κ3) is 4.72. The minimum Gasteiger partial charge on any atom is -0.507 e. The van der Waals surface area contributed by atoms with E-state index in [-0.39, 0.29) is 11.4 Å². The molecule has 0 atom stereocenters. The molecule has 2 aromatic rings. The van der Waals surface area contributed by atoms with Crippen LogP contribution < -0.4 is 0 Å². The van der Waals surface area contributed by atoms with Gasteiger partial charge in [-0.25, -0.2) is 0 Å². The van der Waals surface area contributed by atoms with Crippen LogP contribution in [0.4, 0.5) is 5.69 Å². The number of rotatable bonds is 8. The van der Waals surface area contributed by atoms with Gasteiger partial charge in [0, 0.05) is 40.5 Å². The Labute approximate surface area is 146 Å². The standard InChI is InChI=1S/C18H22N2O3S/c1-3-19(4-2)12-14-10-16(20(22)23)11-15(18(14)21)13-24-17-8-6-5-7-9-17/h5-11,21H,3-4,12-13H2,1-2H3. The molecule has 0 heterocycles. The van der Waals surface area contributed by atoms with Gasteiger partial charge in [-0.05, 0) is 25.2 Å². The SMILES string of the molecule is CCN(CC)Cc1cc([N+](=O)[O-])cc(CSc2ccccc2)c1O. The van der Waals surface area contributed by atoms with E-state index >= 15 is 0 Å². The largest absolute Gasteiger partial charge is 0.507 e. The summed E-state index contributed by atoms with van der Waals surface area (Å²) in [4.78, 5) is 14.0. The second-order valence-corrected chi connectivity index (χ2v) is 6.48. The van der Waals surface area contributed by atoms with Gasteiger partial charge in [0.05, 0.1) is 4.92 Å². The number of hydrogen-bond donors (Lipinski definition) is 1. The van der Waals surface area contributed by atoms with Crippen LogP contribution >= 0.6 is 11.8 Å². The van der Waals surface area contributed by atoms with Crippen LogP contribution in [0.2, 0.25) is 0 Å². The van der Waals surface area contributed by atoms with E-state index in [1.807, 2.05) is 44.2 Å². The average molecular weight is 346 g/mol. The molecule has 0 unspecified atom stereocenters. The van der Waals surface area contributed by atoms with Crippen molar-refractivity contribution in [2.75, 3.05) is 13.1 Å². The molecule has 6 heteroatoms. The Morgan fingerprint density at radius 3 is 2.33 bits per heavy atom. The molecule has 0 amide bonds. The first-order valence-electron chi connectivity index (χ1n) is 7.94. The zero-order valence-electron chi connectivity index (χ0n) is 13.9. The smallest absolute Gasteiger partial charge is 0.270 e. The summed E-state index contributed by atoms with van der Waals surface area (Å²) >= 11 is 1.55. The molecule has 24 heavy (non-hydrogen) atoms. The molecular formula is C18H22N2O3S. The molecule has 0 saturated carbocycles. The maximum absolute atomic E-state index is 11.2. The van der Waals surface area contributed by atoms with E-state index in [0.717, 1.165) is 18.0 Å². The number of aromatic hydroxyl groups is 1. The average Bonchev–Trinajstić information content (AvgIpc) is 2.60. The van der Waals surface area contributed by atoms with Crippen molar-refractivity contribution < 1.29 is 10.0 Å². The highest BCUT2D eigenvalue weighted by atomic mass is 32.2. The molecule has 0 aromatic heterocycles. The van der Waals surface area contributed by atoms with Crippen molar-refractivity contribution in [1.29, 1.82) is 0 Å². The van der Waals surface area contributed by atoms with Gasteiger partial charge in [0.1, 0.15) is 5.75 Å². The van der Waals surface area contributed by atoms with Gasteiger partial charge in [0.25, 0.3) is 5.69 Å². The van der Waals surface area contributed by atoms with Gasteiger partial charge in [-0.1, -0.05) is 32.0 Å². The normalized spacial score (nSPS) is 11.0. The lowest BCUT2D eigenvalue weighted by atomic mass is 10.1. The zero-order chi connectivity index (χ0) is 17.5. The fraction of sp³-hybridized carbons (Fsp3) is 0.333. The third-order valence-corrected chi connectivity index (χ3v) is 4.95. The van der Waals surface area contributed by atoms with E-state index in [4.69, 9.17) is 0 Å². The lowest BCUT2D eigenvalue weighted by Crippen LogP contribution is -2.22. The second kappa shape index (κ2) is 8.70. The maximum atomic E-state index is 11.2. The molecular weight excluding hydrogens is 324 g/mol. The van der Waals surface area contributed by atoms with Gasteiger partial charge in [-0.2, -0.15) is 0 Å². The van der Waals surface area contributed by atoms with Gasteiger partial charge in [0.2, 0.25) is 0 Å². The van der Waals surface area contributed by atoms with Crippen LogP contribution in [0.25, 0.3) is 0 Å². The van der Waals surface area contributed by atoms with E-state index in [9.17, 15) is 15.2 Å². The molecule has 0 aliphatic rings. The number of nitro groups is 1. The van der Waals surface area contributed by atoms with Gasteiger partial charge in [0.15, 0.2) is 0 Å². The van der Waals surface area contributed by atoms with Crippen LogP contribution in [0.15, 0.2) is 47.4 Å². The molecule has 0 aliphatic carbocycles. The zero-order valence-corrected chi connectivity index (χ0v) is 14.8. The number of nitrogens with zero attached hydrogens (tertiary/aromatic N) is 2. The van der Waals surface area contributed by atoms with E-state index in [1.165, 1.54) is 12.1 Å². The number of benzene rings is 2. The van der Waals surface area contributed by atoms with Crippen molar-refractivity contribution in [3.8, 4) is 5.75 Å². The van der Waals surface area contributed by atoms with Gasteiger partial charge in [-0.3, -0.25) is 15.0 Å². The quantitative estimate of drug-likeness (QED) is 0.435. The number of non-ortho nitro benzene ring substituents is 1. The molecule has 128 valence electrons. The van der Waals surface area contributed by atoms with Crippen molar-refractivity contribution >= 4 is 17.4 Å². The van der Waals surface area contributed by atoms with E-state index in [0.29, 0.717) is 23.4 Å². The molecule has 1 N–H and O–H groups in total. The van der Waals surface area contributed by atoms with Gasteiger partial charge >= 0.3 is 0 Å². The molecule has 0 saturated heterocycles. The van der Waals surface area contributed by atoms with Crippen molar-refractivity contribution in [1.82, 2.24) is 4.90 Å². The Hall–Kier alpha value is -2.05. The van der Waals surface area contributed by atoms with Crippen LogP contribution in [-0.4, -0.2) is 28.0 Å². The number of nitro benzene ring substituents is 1. The first kappa shape index (κ1) is 18.3. The Kier molecular flexibility index (Phi) is 6.63. The number of phenols is 1. The summed E-state index contributed by atoms with van der Waals surface area (Å²) in [5.74, 6) is 0.652. The Balaban J connectivity index is 2.28. The molecule has 0 bridgehead atoms. The molecule has 2 rings (SSSR count). The van der Waals surface area contributed by atoms with E-state index in [1.54, 1.807) is 11.8 Å². The highest BCUT2D eigenvalue weighted by Gasteiger charge is 2.17. The van der Waals surface area contributed by atoms with Crippen molar-refractivity contribution in [3.05, 3.63) is 63.7 Å². The minimum absolute atomic E-state index is 0.0265. The summed E-state index contributed by atoms with van der Waals surface area (Å²) in [5.41, 5.74) is 1.23. The Morgan fingerprint density at radius 1 is 1.12 bits per heavy atom. The summed E-state index contributed by atoms with van der Waals surface area (Å²) in [5, 5.41) is 21.8. The monoisotopic (exact) mass is 346 g/mol. The minimum atomic E-state index is -0.401. The fourth-order valence-electron chi connectivity index (χ4n) is 2.44. The summed E-state index contributed by atoms with van der Waals surface area (Å²) < 4.78 is 0. The predicted molar refractivity (Wildman–Crippen MR) is 97.4 cm³/mol. The highest BCUT2D eigenvalue weighted by Crippen LogP contribution is 2.34. The molecule has 0 aliphatic heterocycles. The summed E-state index contributed by atoms with van der Waals surface area (Å²) in [6, 6.07) is 12.7. The van der Waals surface area contributed by atoms with Crippen molar-refractivity contribution in [3.63, 3.8) is 0 Å². The van der Waals surface area contributed by atoms with Gasteiger partial charge < -0.3 is 5.11 Å². The van der Waals surface area contributed by atoms with E-state index in [2.05, 4.69) is 4.90 Å². The lowest BCUT2D eigenvalue weighted by molar-refractivity contribution is -0.385. The van der Waals surface area contributed by atoms with Crippen LogP contribution in [0.3, 0.4) is 0 Å². The Bertz CT molecular complexity index is 688. The summed E-state index contributed by atoms with van der Waals surface area (Å²) in [7, 11) is 0. The molecule has 5 nitrogen and oxygen atoms in total. The molecule has 2 aromatic carbocycles. The predicted octanol–water partition coefficient (Wildman–Crippen LogP) is 4.43. The highest BCUT2D eigenvalue weighted by molar-refractivity contribution is 7.98. The third-order valence-electron chi connectivity index (χ3n) is 3.89. The topological polar surface area (TPSA) is 66.6 Å². The lowest BCUT2D eigenvalue weighted by Gasteiger charge is -2.19.